The van der Waals surface area contributed by atoms with Gasteiger partial charge in [0.2, 0.25) is 0 Å². The molecule has 1 heterocycles. The lowest BCUT2D eigenvalue weighted by molar-refractivity contribution is 0.136. The van der Waals surface area contributed by atoms with Gasteiger partial charge in [-0.25, -0.2) is 0 Å². The maximum absolute atomic E-state index is 5.76. The Kier molecular flexibility index (Phi) is 6.67. The number of piperidine rings is 1. The summed E-state index contributed by atoms with van der Waals surface area (Å²) < 4.78 is 0. The largest absolute Gasteiger partial charge is 0.300 e. The van der Waals surface area contributed by atoms with E-state index >= 15 is 0 Å². The summed E-state index contributed by atoms with van der Waals surface area (Å²) in [4.78, 5) is 2.70. The quantitative estimate of drug-likeness (QED) is 0.627. The summed E-state index contributed by atoms with van der Waals surface area (Å²) in [5.74, 6) is 1.61. The minimum Gasteiger partial charge on any atom is -0.300 e. The van der Waals surface area contributed by atoms with E-state index in [1.807, 2.05) is 0 Å². The highest BCUT2D eigenvalue weighted by molar-refractivity contribution is 6.17. The number of alkyl halides is 1. The molecular weight excluding hydrogens is 206 g/mol. The van der Waals surface area contributed by atoms with Gasteiger partial charge in [0.1, 0.15) is 0 Å². The van der Waals surface area contributed by atoms with Gasteiger partial charge in [-0.2, -0.15) is 0 Å². The van der Waals surface area contributed by atoms with E-state index in [9.17, 15) is 0 Å². The molecule has 0 spiro atoms. The highest BCUT2D eigenvalue weighted by atomic mass is 35.5. The van der Waals surface area contributed by atoms with Crippen LogP contribution in [0.5, 0.6) is 0 Å². The maximum atomic E-state index is 5.76. The van der Waals surface area contributed by atoms with Crippen LogP contribution >= 0.6 is 11.6 Å². The molecule has 1 rings (SSSR count). The van der Waals surface area contributed by atoms with E-state index in [1.54, 1.807) is 0 Å². The van der Waals surface area contributed by atoms with Crippen LogP contribution in [0, 0.1) is 5.92 Å². The molecule has 1 nitrogen and oxygen atoms in total. The first-order valence-corrected chi connectivity index (χ1v) is 7.11. The zero-order valence-electron chi connectivity index (χ0n) is 10.3. The number of rotatable bonds is 6. The molecule has 2 unspecified atom stereocenters. The van der Waals surface area contributed by atoms with Crippen molar-refractivity contribution < 1.29 is 0 Å². The molecule has 2 heteroatoms. The molecule has 0 aromatic heterocycles. The van der Waals surface area contributed by atoms with Crippen molar-refractivity contribution in [1.82, 2.24) is 4.90 Å². The van der Waals surface area contributed by atoms with Gasteiger partial charge in [-0.1, -0.05) is 20.3 Å². The van der Waals surface area contributed by atoms with Crippen molar-refractivity contribution in [2.75, 3.05) is 19.0 Å². The van der Waals surface area contributed by atoms with Crippen LogP contribution < -0.4 is 0 Å². The standard InChI is InChI=1S/C13H26ClN/c1-3-13-6-4-5-10-15(13)11-8-12(2)7-9-14/h12-13H,3-11H2,1-2H3. The Bertz CT molecular complexity index is 161. The van der Waals surface area contributed by atoms with Gasteiger partial charge in [0.05, 0.1) is 0 Å². The van der Waals surface area contributed by atoms with Crippen LogP contribution in [-0.4, -0.2) is 29.9 Å². The summed E-state index contributed by atoms with van der Waals surface area (Å²) in [6.45, 7) is 7.27. The maximum Gasteiger partial charge on any atom is 0.0225 e. The zero-order valence-corrected chi connectivity index (χ0v) is 11.1. The Morgan fingerprint density at radius 3 is 2.80 bits per heavy atom. The van der Waals surface area contributed by atoms with Gasteiger partial charge >= 0.3 is 0 Å². The van der Waals surface area contributed by atoms with Crippen LogP contribution in [0.3, 0.4) is 0 Å². The van der Waals surface area contributed by atoms with Crippen LogP contribution in [0.4, 0.5) is 0 Å². The van der Waals surface area contributed by atoms with Gasteiger partial charge in [0.15, 0.2) is 0 Å². The Morgan fingerprint density at radius 1 is 1.33 bits per heavy atom. The summed E-state index contributed by atoms with van der Waals surface area (Å²) in [6, 6.07) is 0.863. The second kappa shape index (κ2) is 7.51. The molecular formula is C13H26ClN. The second-order valence-electron chi connectivity index (χ2n) is 4.97. The number of likely N-dealkylation sites (tertiary alicyclic amines) is 1. The summed E-state index contributed by atoms with van der Waals surface area (Å²) in [7, 11) is 0. The van der Waals surface area contributed by atoms with Crippen LogP contribution in [0.2, 0.25) is 0 Å². The molecule has 1 saturated heterocycles. The monoisotopic (exact) mass is 231 g/mol. The SMILES string of the molecule is CCC1CCCCN1CCC(C)CCCl. The van der Waals surface area contributed by atoms with Gasteiger partial charge in [0.25, 0.3) is 0 Å². The van der Waals surface area contributed by atoms with Gasteiger partial charge in [-0.15, -0.1) is 11.6 Å². The third kappa shape index (κ3) is 4.74. The Morgan fingerprint density at radius 2 is 2.13 bits per heavy atom. The first kappa shape index (κ1) is 13.3. The van der Waals surface area contributed by atoms with Crippen molar-refractivity contribution in [2.24, 2.45) is 5.92 Å². The predicted molar refractivity (Wildman–Crippen MR) is 68.6 cm³/mol. The van der Waals surface area contributed by atoms with Crippen molar-refractivity contribution in [1.29, 1.82) is 0 Å². The van der Waals surface area contributed by atoms with Gasteiger partial charge in [-0.05, 0) is 51.1 Å². The minimum absolute atomic E-state index is 0.793. The molecule has 0 amide bonds. The first-order valence-electron chi connectivity index (χ1n) is 6.58. The Hall–Kier alpha value is 0.250. The van der Waals surface area contributed by atoms with Gasteiger partial charge < -0.3 is 4.90 Å². The second-order valence-corrected chi connectivity index (χ2v) is 5.34. The molecule has 0 aromatic rings. The molecule has 15 heavy (non-hydrogen) atoms. The average Bonchev–Trinajstić information content (AvgIpc) is 2.27. The van der Waals surface area contributed by atoms with E-state index in [4.69, 9.17) is 11.6 Å². The smallest absolute Gasteiger partial charge is 0.0225 e. The number of hydrogen-bond acceptors (Lipinski definition) is 1. The molecule has 0 bridgehead atoms. The van der Waals surface area contributed by atoms with Crippen LogP contribution in [-0.2, 0) is 0 Å². The number of hydrogen-bond donors (Lipinski definition) is 0. The number of halogens is 1. The zero-order chi connectivity index (χ0) is 11.1. The molecule has 90 valence electrons. The van der Waals surface area contributed by atoms with Crippen molar-refractivity contribution >= 4 is 11.6 Å². The molecule has 0 radical (unpaired) electrons. The fourth-order valence-corrected chi connectivity index (χ4v) is 2.91. The highest BCUT2D eigenvalue weighted by Gasteiger charge is 2.20. The lowest BCUT2D eigenvalue weighted by Crippen LogP contribution is -2.40. The minimum atomic E-state index is 0.793. The lowest BCUT2D eigenvalue weighted by Gasteiger charge is -2.35. The van der Waals surface area contributed by atoms with E-state index in [2.05, 4.69) is 18.7 Å². The summed E-state index contributed by atoms with van der Waals surface area (Å²) in [6.07, 6.45) is 8.08. The van der Waals surface area contributed by atoms with Crippen molar-refractivity contribution in [3.05, 3.63) is 0 Å². The fourth-order valence-electron chi connectivity index (χ4n) is 2.53. The average molecular weight is 232 g/mol. The molecule has 1 aliphatic rings. The Labute approximate surface area is 100 Å². The van der Waals surface area contributed by atoms with Crippen molar-refractivity contribution in [2.45, 2.75) is 58.4 Å². The normalized spacial score (nSPS) is 25.4. The van der Waals surface area contributed by atoms with Crippen LogP contribution in [0.25, 0.3) is 0 Å². The third-order valence-corrected chi connectivity index (χ3v) is 3.95. The van der Waals surface area contributed by atoms with E-state index in [1.165, 1.54) is 51.6 Å². The summed E-state index contributed by atoms with van der Waals surface area (Å²) in [5, 5.41) is 0. The predicted octanol–water partition coefficient (Wildman–Crippen LogP) is 3.91. The van der Waals surface area contributed by atoms with Crippen molar-refractivity contribution in [3.63, 3.8) is 0 Å². The first-order chi connectivity index (χ1) is 7.27. The molecule has 0 saturated carbocycles. The van der Waals surface area contributed by atoms with Crippen LogP contribution in [0.1, 0.15) is 52.4 Å². The molecule has 2 atom stereocenters. The Balaban J connectivity index is 2.22. The molecule has 0 N–H and O–H groups in total. The molecule has 1 aliphatic heterocycles. The van der Waals surface area contributed by atoms with Crippen LogP contribution in [0.15, 0.2) is 0 Å². The molecule has 0 aromatic carbocycles. The third-order valence-electron chi connectivity index (χ3n) is 3.73. The summed E-state index contributed by atoms with van der Waals surface area (Å²) in [5.41, 5.74) is 0. The van der Waals surface area contributed by atoms with E-state index in [-0.39, 0.29) is 0 Å². The van der Waals surface area contributed by atoms with E-state index in [0.29, 0.717) is 0 Å². The molecule has 0 aliphatic carbocycles. The highest BCUT2D eigenvalue weighted by Crippen LogP contribution is 2.21. The molecule has 1 fully saturated rings. The van der Waals surface area contributed by atoms with Gasteiger partial charge in [0, 0.05) is 11.9 Å². The van der Waals surface area contributed by atoms with E-state index in [0.717, 1.165) is 17.8 Å². The topological polar surface area (TPSA) is 3.24 Å². The fraction of sp³-hybridized carbons (Fsp3) is 1.00. The number of nitrogens with zero attached hydrogens (tertiary/aromatic N) is 1. The van der Waals surface area contributed by atoms with Gasteiger partial charge in [-0.3, -0.25) is 0 Å². The lowest BCUT2D eigenvalue weighted by atomic mass is 9.98. The summed E-state index contributed by atoms with van der Waals surface area (Å²) >= 11 is 5.76. The van der Waals surface area contributed by atoms with Crippen molar-refractivity contribution in [3.8, 4) is 0 Å². The van der Waals surface area contributed by atoms with E-state index < -0.39 is 0 Å².